The predicted molar refractivity (Wildman–Crippen MR) is 57.1 cm³/mol. The highest BCUT2D eigenvalue weighted by Gasteiger charge is 2.31. The number of hydrogen-bond acceptors (Lipinski definition) is 4. The number of piperazine rings is 1. The van der Waals surface area contributed by atoms with Crippen LogP contribution >= 0.6 is 0 Å². The lowest BCUT2D eigenvalue weighted by molar-refractivity contribution is -0.151. The number of nitrogens with one attached hydrogen (secondary N) is 1. The number of ether oxygens (including phenoxy) is 1. The molecule has 1 aliphatic heterocycles. The molecule has 6 nitrogen and oxygen atoms in total. The van der Waals surface area contributed by atoms with Crippen molar-refractivity contribution in [1.82, 2.24) is 10.2 Å². The highest BCUT2D eigenvalue weighted by Crippen LogP contribution is 2.06. The number of hydrogen-bond donors (Lipinski definition) is 2. The third kappa shape index (κ3) is 3.46. The summed E-state index contributed by atoms with van der Waals surface area (Å²) in [4.78, 5) is 24.1. The zero-order chi connectivity index (χ0) is 12.0. The molecule has 0 bridgehead atoms. The van der Waals surface area contributed by atoms with Crippen molar-refractivity contribution in [2.24, 2.45) is 0 Å². The van der Waals surface area contributed by atoms with Crippen LogP contribution < -0.4 is 5.32 Å². The Morgan fingerprint density at radius 1 is 1.56 bits per heavy atom. The summed E-state index contributed by atoms with van der Waals surface area (Å²) in [6.45, 7) is 4.18. The van der Waals surface area contributed by atoms with E-state index >= 15 is 0 Å². The zero-order valence-electron chi connectivity index (χ0n) is 9.44. The molecular formula is C10H18N2O4. The van der Waals surface area contributed by atoms with Gasteiger partial charge in [0.2, 0.25) is 5.91 Å². The van der Waals surface area contributed by atoms with Gasteiger partial charge in [-0.1, -0.05) is 0 Å². The van der Waals surface area contributed by atoms with Gasteiger partial charge in [-0.3, -0.25) is 4.79 Å². The van der Waals surface area contributed by atoms with Crippen LogP contribution in [0.3, 0.4) is 0 Å². The number of carbonyl (C=O) groups excluding carboxylic acids is 1. The van der Waals surface area contributed by atoms with E-state index in [0.29, 0.717) is 32.8 Å². The lowest BCUT2D eigenvalue weighted by Crippen LogP contribution is -2.57. The first-order valence-corrected chi connectivity index (χ1v) is 5.47. The second kappa shape index (κ2) is 6.44. The number of carboxylic acids is 1. The minimum Gasteiger partial charge on any atom is -0.480 e. The minimum atomic E-state index is -0.961. The summed E-state index contributed by atoms with van der Waals surface area (Å²) in [6.07, 6.45) is 0.248. The SMILES string of the molecule is CCOCCC(=O)N1CCNCC1C(=O)O. The quantitative estimate of drug-likeness (QED) is 0.610. The van der Waals surface area contributed by atoms with E-state index in [9.17, 15) is 9.59 Å². The van der Waals surface area contributed by atoms with Crippen molar-refractivity contribution in [3.05, 3.63) is 0 Å². The summed E-state index contributed by atoms with van der Waals surface area (Å²) in [7, 11) is 0. The second-order valence-corrected chi connectivity index (χ2v) is 3.59. The molecule has 0 aromatic carbocycles. The van der Waals surface area contributed by atoms with Gasteiger partial charge in [0.25, 0.3) is 0 Å². The monoisotopic (exact) mass is 230 g/mol. The molecule has 1 rings (SSSR count). The summed E-state index contributed by atoms with van der Waals surface area (Å²) in [5.41, 5.74) is 0. The maximum atomic E-state index is 11.7. The third-order valence-corrected chi connectivity index (χ3v) is 2.51. The number of amides is 1. The third-order valence-electron chi connectivity index (χ3n) is 2.51. The van der Waals surface area contributed by atoms with Crippen LogP contribution in [0.5, 0.6) is 0 Å². The van der Waals surface area contributed by atoms with Crippen molar-refractivity contribution < 1.29 is 19.4 Å². The molecule has 1 heterocycles. The molecule has 0 aliphatic carbocycles. The predicted octanol–water partition coefficient (Wildman–Crippen LogP) is -0.702. The Kier molecular flexibility index (Phi) is 5.21. The Hall–Kier alpha value is -1.14. The Morgan fingerprint density at radius 3 is 2.94 bits per heavy atom. The fourth-order valence-electron chi connectivity index (χ4n) is 1.67. The second-order valence-electron chi connectivity index (χ2n) is 3.59. The summed E-state index contributed by atoms with van der Waals surface area (Å²) < 4.78 is 5.08. The Bertz CT molecular complexity index is 257. The fourth-order valence-corrected chi connectivity index (χ4v) is 1.67. The van der Waals surface area contributed by atoms with E-state index in [1.165, 1.54) is 4.90 Å². The minimum absolute atomic E-state index is 0.151. The molecule has 1 fully saturated rings. The first-order chi connectivity index (χ1) is 7.66. The largest absolute Gasteiger partial charge is 0.480 e. The average Bonchev–Trinajstić information content (AvgIpc) is 2.29. The summed E-state index contributed by atoms with van der Waals surface area (Å²) >= 11 is 0. The highest BCUT2D eigenvalue weighted by molar-refractivity contribution is 5.84. The van der Waals surface area contributed by atoms with E-state index < -0.39 is 12.0 Å². The van der Waals surface area contributed by atoms with Gasteiger partial charge >= 0.3 is 5.97 Å². The van der Waals surface area contributed by atoms with E-state index in [2.05, 4.69) is 5.32 Å². The smallest absolute Gasteiger partial charge is 0.327 e. The van der Waals surface area contributed by atoms with Crippen molar-refractivity contribution in [3.63, 3.8) is 0 Å². The van der Waals surface area contributed by atoms with Crippen molar-refractivity contribution in [2.45, 2.75) is 19.4 Å². The van der Waals surface area contributed by atoms with Gasteiger partial charge in [-0.05, 0) is 6.92 Å². The van der Waals surface area contributed by atoms with Crippen LogP contribution in [0.25, 0.3) is 0 Å². The number of carboxylic acid groups (broad SMARTS) is 1. The van der Waals surface area contributed by atoms with Crippen molar-refractivity contribution in [1.29, 1.82) is 0 Å². The van der Waals surface area contributed by atoms with Crippen LogP contribution in [0.15, 0.2) is 0 Å². The fraction of sp³-hybridized carbons (Fsp3) is 0.800. The first-order valence-electron chi connectivity index (χ1n) is 5.47. The molecule has 2 N–H and O–H groups in total. The molecule has 16 heavy (non-hydrogen) atoms. The Morgan fingerprint density at radius 2 is 2.31 bits per heavy atom. The first kappa shape index (κ1) is 12.9. The summed E-state index contributed by atoms with van der Waals surface area (Å²) in [5.74, 6) is -1.11. The molecule has 6 heteroatoms. The van der Waals surface area contributed by atoms with Crippen LogP contribution in [-0.2, 0) is 14.3 Å². The van der Waals surface area contributed by atoms with Gasteiger partial charge < -0.3 is 20.1 Å². The number of nitrogens with zero attached hydrogens (tertiary/aromatic N) is 1. The Balaban J connectivity index is 2.47. The molecule has 0 spiro atoms. The van der Waals surface area contributed by atoms with E-state index in [4.69, 9.17) is 9.84 Å². The van der Waals surface area contributed by atoms with Crippen molar-refractivity contribution in [3.8, 4) is 0 Å². The number of carbonyl (C=O) groups is 2. The van der Waals surface area contributed by atoms with Gasteiger partial charge in [-0.2, -0.15) is 0 Å². The average molecular weight is 230 g/mol. The standard InChI is InChI=1S/C10H18N2O4/c1-2-16-6-3-9(13)12-5-4-11-7-8(12)10(14)15/h8,11H,2-7H2,1H3,(H,14,15). The molecule has 1 atom stereocenters. The van der Waals surface area contributed by atoms with E-state index in [-0.39, 0.29) is 12.3 Å². The van der Waals surface area contributed by atoms with Crippen LogP contribution in [-0.4, -0.2) is 60.8 Å². The van der Waals surface area contributed by atoms with Gasteiger partial charge in [-0.15, -0.1) is 0 Å². The van der Waals surface area contributed by atoms with Crippen LogP contribution in [0.4, 0.5) is 0 Å². The van der Waals surface area contributed by atoms with Gasteiger partial charge in [0.1, 0.15) is 6.04 Å². The van der Waals surface area contributed by atoms with Gasteiger partial charge in [0.05, 0.1) is 13.0 Å². The van der Waals surface area contributed by atoms with Gasteiger partial charge in [-0.25, -0.2) is 4.79 Å². The maximum Gasteiger partial charge on any atom is 0.327 e. The molecule has 1 amide bonds. The van der Waals surface area contributed by atoms with Crippen LogP contribution in [0.1, 0.15) is 13.3 Å². The zero-order valence-corrected chi connectivity index (χ0v) is 9.44. The number of aliphatic carboxylic acids is 1. The molecule has 1 unspecified atom stereocenters. The molecule has 0 aromatic heterocycles. The number of rotatable bonds is 5. The lowest BCUT2D eigenvalue weighted by Gasteiger charge is -2.33. The van der Waals surface area contributed by atoms with Gasteiger partial charge in [0.15, 0.2) is 0 Å². The van der Waals surface area contributed by atoms with Crippen molar-refractivity contribution >= 4 is 11.9 Å². The van der Waals surface area contributed by atoms with E-state index in [1.807, 2.05) is 6.92 Å². The van der Waals surface area contributed by atoms with Crippen LogP contribution in [0.2, 0.25) is 0 Å². The lowest BCUT2D eigenvalue weighted by atomic mass is 10.2. The van der Waals surface area contributed by atoms with Crippen LogP contribution in [0, 0.1) is 0 Å². The molecule has 0 aromatic rings. The highest BCUT2D eigenvalue weighted by atomic mass is 16.5. The van der Waals surface area contributed by atoms with Gasteiger partial charge in [0, 0.05) is 26.2 Å². The molecule has 0 saturated carbocycles. The summed E-state index contributed by atoms with van der Waals surface area (Å²) in [5, 5.41) is 11.9. The molecule has 1 saturated heterocycles. The molecular weight excluding hydrogens is 212 g/mol. The topological polar surface area (TPSA) is 78.9 Å². The molecule has 1 aliphatic rings. The normalized spacial score (nSPS) is 20.8. The molecule has 0 radical (unpaired) electrons. The van der Waals surface area contributed by atoms with E-state index in [0.717, 1.165) is 0 Å². The molecule has 92 valence electrons. The Labute approximate surface area is 94.6 Å². The maximum absolute atomic E-state index is 11.7. The van der Waals surface area contributed by atoms with E-state index in [1.54, 1.807) is 0 Å². The summed E-state index contributed by atoms with van der Waals surface area (Å²) in [6, 6.07) is -0.747. The van der Waals surface area contributed by atoms with Crippen molar-refractivity contribution in [2.75, 3.05) is 32.8 Å².